The molecule has 0 atom stereocenters. The van der Waals surface area contributed by atoms with E-state index in [1.807, 2.05) is 6.07 Å². The number of amides is 1. The van der Waals surface area contributed by atoms with Gasteiger partial charge in [-0.3, -0.25) is 9.10 Å². The zero-order valence-electron chi connectivity index (χ0n) is 19.0. The molecule has 0 radical (unpaired) electrons. The Morgan fingerprint density at radius 2 is 1.76 bits per heavy atom. The quantitative estimate of drug-likeness (QED) is 0.365. The maximum absolute atomic E-state index is 13.4. The second-order valence-corrected chi connectivity index (χ2v) is 11.0. The highest BCUT2D eigenvalue weighted by Crippen LogP contribution is 2.26. The SMILES string of the molecule is COc1ccc(S(=O)(=O)N(CC(=O)NCCSCc2cccc(C)c2)c2ccc(Cl)cc2)cc1. The standard InChI is InChI=1S/C25H27ClN2O4S2/c1-19-4-3-5-20(16-19)18-33-15-14-27-25(29)17-28(22-8-6-21(26)7-9-22)34(30,31)24-12-10-23(32-2)11-13-24/h3-13,16H,14-15,17-18H2,1-2H3,(H,27,29). The Labute approximate surface area is 210 Å². The minimum Gasteiger partial charge on any atom is -0.497 e. The highest BCUT2D eigenvalue weighted by Gasteiger charge is 2.27. The number of anilines is 1. The van der Waals surface area contributed by atoms with Crippen molar-refractivity contribution in [1.29, 1.82) is 0 Å². The van der Waals surface area contributed by atoms with Crippen LogP contribution in [0.3, 0.4) is 0 Å². The lowest BCUT2D eigenvalue weighted by Gasteiger charge is -2.24. The molecule has 9 heteroatoms. The Hall–Kier alpha value is -2.68. The van der Waals surface area contributed by atoms with Gasteiger partial charge in [-0.25, -0.2) is 8.42 Å². The van der Waals surface area contributed by atoms with E-state index in [4.69, 9.17) is 16.3 Å². The minimum absolute atomic E-state index is 0.0600. The molecule has 180 valence electrons. The number of thioether (sulfide) groups is 1. The fourth-order valence-corrected chi connectivity index (χ4v) is 5.59. The Balaban J connectivity index is 1.65. The van der Waals surface area contributed by atoms with Crippen LogP contribution in [0.15, 0.2) is 77.7 Å². The van der Waals surface area contributed by atoms with Gasteiger partial charge < -0.3 is 10.1 Å². The van der Waals surface area contributed by atoms with Gasteiger partial charge in [-0.1, -0.05) is 41.4 Å². The van der Waals surface area contributed by atoms with E-state index in [0.717, 1.165) is 10.1 Å². The van der Waals surface area contributed by atoms with Crippen molar-refractivity contribution < 1.29 is 17.9 Å². The number of nitrogens with one attached hydrogen (secondary N) is 1. The number of hydrogen-bond donors (Lipinski definition) is 1. The molecule has 0 aromatic heterocycles. The number of rotatable bonds is 11. The van der Waals surface area contributed by atoms with Crippen LogP contribution in [0.2, 0.25) is 5.02 Å². The predicted octanol–water partition coefficient (Wildman–Crippen LogP) is 4.90. The summed E-state index contributed by atoms with van der Waals surface area (Å²) in [5.41, 5.74) is 2.80. The first-order valence-electron chi connectivity index (χ1n) is 10.6. The zero-order valence-corrected chi connectivity index (χ0v) is 21.4. The van der Waals surface area contributed by atoms with Gasteiger partial charge in [0.25, 0.3) is 10.0 Å². The van der Waals surface area contributed by atoms with E-state index in [9.17, 15) is 13.2 Å². The van der Waals surface area contributed by atoms with Gasteiger partial charge in [0.2, 0.25) is 5.91 Å². The molecule has 0 heterocycles. The van der Waals surface area contributed by atoms with E-state index in [1.54, 1.807) is 48.2 Å². The Morgan fingerprint density at radius 3 is 2.41 bits per heavy atom. The molecular formula is C25H27ClN2O4S2. The highest BCUT2D eigenvalue weighted by molar-refractivity contribution is 7.98. The number of carbonyl (C=O) groups excluding carboxylic acids is 1. The van der Waals surface area contributed by atoms with Gasteiger partial charge in [-0.05, 0) is 61.0 Å². The first-order valence-corrected chi connectivity index (χ1v) is 13.6. The van der Waals surface area contributed by atoms with Gasteiger partial charge in [0.1, 0.15) is 12.3 Å². The van der Waals surface area contributed by atoms with Crippen LogP contribution in [-0.2, 0) is 20.6 Å². The summed E-state index contributed by atoms with van der Waals surface area (Å²) >= 11 is 7.68. The number of nitrogens with zero attached hydrogens (tertiary/aromatic N) is 1. The largest absolute Gasteiger partial charge is 0.497 e. The first kappa shape index (κ1) is 25.9. The third-order valence-corrected chi connectivity index (χ3v) is 8.04. The van der Waals surface area contributed by atoms with Crippen LogP contribution in [0.4, 0.5) is 5.69 Å². The Kier molecular flexibility index (Phi) is 9.27. The molecule has 0 bridgehead atoms. The normalized spacial score (nSPS) is 11.1. The maximum atomic E-state index is 13.4. The summed E-state index contributed by atoms with van der Waals surface area (Å²) in [5.74, 6) is 1.72. The van der Waals surface area contributed by atoms with Crippen molar-refractivity contribution in [3.8, 4) is 5.75 Å². The molecule has 0 aliphatic carbocycles. The van der Waals surface area contributed by atoms with Crippen molar-refractivity contribution in [1.82, 2.24) is 5.32 Å². The van der Waals surface area contributed by atoms with Crippen LogP contribution in [0.25, 0.3) is 0 Å². The molecule has 1 N–H and O–H groups in total. The Bertz CT molecular complexity index is 1200. The summed E-state index contributed by atoms with van der Waals surface area (Å²) in [6.45, 7) is 2.14. The number of benzene rings is 3. The summed E-state index contributed by atoms with van der Waals surface area (Å²) in [4.78, 5) is 12.7. The summed E-state index contributed by atoms with van der Waals surface area (Å²) < 4.78 is 33.0. The summed E-state index contributed by atoms with van der Waals surface area (Å²) in [6, 6.07) is 20.7. The molecule has 3 aromatic rings. The number of sulfonamides is 1. The minimum atomic E-state index is -3.99. The van der Waals surface area contributed by atoms with Gasteiger partial charge in [0.05, 0.1) is 17.7 Å². The molecule has 1 amide bonds. The van der Waals surface area contributed by atoms with Gasteiger partial charge >= 0.3 is 0 Å². The predicted molar refractivity (Wildman–Crippen MR) is 139 cm³/mol. The molecule has 3 aromatic carbocycles. The highest BCUT2D eigenvalue weighted by atomic mass is 35.5. The zero-order chi connectivity index (χ0) is 24.6. The molecule has 6 nitrogen and oxygen atoms in total. The van der Waals surface area contributed by atoms with Crippen LogP contribution in [-0.4, -0.2) is 40.3 Å². The van der Waals surface area contributed by atoms with Crippen molar-refractivity contribution in [3.05, 3.63) is 88.9 Å². The molecule has 0 spiro atoms. The molecule has 34 heavy (non-hydrogen) atoms. The van der Waals surface area contributed by atoms with Crippen LogP contribution in [0, 0.1) is 6.92 Å². The van der Waals surface area contributed by atoms with Crippen molar-refractivity contribution >= 4 is 45.0 Å². The lowest BCUT2D eigenvalue weighted by atomic mass is 10.2. The summed E-state index contributed by atoms with van der Waals surface area (Å²) in [7, 11) is -2.49. The van der Waals surface area contributed by atoms with Crippen LogP contribution < -0.4 is 14.4 Å². The van der Waals surface area contributed by atoms with E-state index in [0.29, 0.717) is 28.8 Å². The van der Waals surface area contributed by atoms with E-state index in [-0.39, 0.29) is 17.3 Å². The van der Waals surface area contributed by atoms with Crippen LogP contribution in [0.1, 0.15) is 11.1 Å². The molecule has 0 saturated heterocycles. The number of hydrogen-bond acceptors (Lipinski definition) is 5. The summed E-state index contributed by atoms with van der Waals surface area (Å²) in [6.07, 6.45) is 0. The maximum Gasteiger partial charge on any atom is 0.264 e. The van der Waals surface area contributed by atoms with Gasteiger partial charge in [0, 0.05) is 23.1 Å². The van der Waals surface area contributed by atoms with Crippen molar-refractivity contribution in [2.45, 2.75) is 17.6 Å². The number of aryl methyl sites for hydroxylation is 1. The van der Waals surface area contributed by atoms with E-state index < -0.39 is 10.0 Å². The van der Waals surface area contributed by atoms with Crippen molar-refractivity contribution in [2.24, 2.45) is 0 Å². The first-order chi connectivity index (χ1) is 16.3. The van der Waals surface area contributed by atoms with Gasteiger partial charge in [0.15, 0.2) is 0 Å². The lowest BCUT2D eigenvalue weighted by molar-refractivity contribution is -0.119. The number of carbonyl (C=O) groups is 1. The number of halogens is 1. The molecule has 0 aliphatic rings. The molecule has 0 aliphatic heterocycles. The van der Waals surface area contributed by atoms with Gasteiger partial charge in [-0.15, -0.1) is 0 Å². The average Bonchev–Trinajstić information content (AvgIpc) is 2.83. The smallest absolute Gasteiger partial charge is 0.264 e. The fraction of sp³-hybridized carbons (Fsp3) is 0.240. The van der Waals surface area contributed by atoms with E-state index in [1.165, 1.54) is 30.4 Å². The molecule has 0 saturated carbocycles. The third-order valence-electron chi connectivity index (χ3n) is 4.97. The number of methoxy groups -OCH3 is 1. The average molecular weight is 519 g/mol. The molecule has 3 rings (SSSR count). The third kappa shape index (κ3) is 7.16. The van der Waals surface area contributed by atoms with E-state index in [2.05, 4.69) is 30.4 Å². The number of ether oxygens (including phenoxy) is 1. The topological polar surface area (TPSA) is 75.7 Å². The fourth-order valence-electron chi connectivity index (χ4n) is 3.24. The van der Waals surface area contributed by atoms with Crippen molar-refractivity contribution in [2.75, 3.05) is 30.3 Å². The van der Waals surface area contributed by atoms with Crippen LogP contribution >= 0.6 is 23.4 Å². The molecule has 0 fully saturated rings. The summed E-state index contributed by atoms with van der Waals surface area (Å²) in [5, 5.41) is 3.29. The molecule has 0 unspecified atom stereocenters. The second-order valence-electron chi connectivity index (χ2n) is 7.56. The van der Waals surface area contributed by atoms with Gasteiger partial charge in [-0.2, -0.15) is 11.8 Å². The molecular weight excluding hydrogens is 492 g/mol. The monoisotopic (exact) mass is 518 g/mol. The van der Waals surface area contributed by atoms with Crippen LogP contribution in [0.5, 0.6) is 5.75 Å². The van der Waals surface area contributed by atoms with E-state index >= 15 is 0 Å². The second kappa shape index (κ2) is 12.1. The van der Waals surface area contributed by atoms with Crippen molar-refractivity contribution in [3.63, 3.8) is 0 Å². The lowest BCUT2D eigenvalue weighted by Crippen LogP contribution is -2.41. The Morgan fingerprint density at radius 1 is 1.06 bits per heavy atom.